The van der Waals surface area contributed by atoms with Crippen molar-refractivity contribution in [2.75, 3.05) is 19.8 Å². The van der Waals surface area contributed by atoms with E-state index in [1.54, 1.807) is 0 Å². The van der Waals surface area contributed by atoms with Crippen LogP contribution < -0.4 is 16.0 Å². The Bertz CT molecular complexity index is 347. The van der Waals surface area contributed by atoms with Crippen LogP contribution in [0, 0.1) is 0 Å². The SMILES string of the molecule is OC[C@H]1OC[C@@H](NC2NCCC(C(F)(F)F)N2)[C@@H](O)[C@H]1O. The molecule has 0 spiro atoms. The van der Waals surface area contributed by atoms with Gasteiger partial charge in [0.15, 0.2) is 0 Å². The van der Waals surface area contributed by atoms with E-state index >= 15 is 0 Å². The van der Waals surface area contributed by atoms with Gasteiger partial charge in [-0.1, -0.05) is 0 Å². The zero-order valence-corrected chi connectivity index (χ0v) is 11.2. The molecule has 6 N–H and O–H groups in total. The molecule has 2 heterocycles. The number of hydrogen-bond acceptors (Lipinski definition) is 7. The molecule has 7 nitrogen and oxygen atoms in total. The molecule has 0 aromatic carbocycles. The van der Waals surface area contributed by atoms with Crippen molar-refractivity contribution in [3.8, 4) is 0 Å². The van der Waals surface area contributed by atoms with Crippen molar-refractivity contribution in [3.05, 3.63) is 0 Å². The molecule has 2 unspecified atom stereocenters. The number of halogens is 3. The summed E-state index contributed by atoms with van der Waals surface area (Å²) in [6, 6.07) is -2.38. The summed E-state index contributed by atoms with van der Waals surface area (Å²) >= 11 is 0. The Labute approximate surface area is 119 Å². The zero-order valence-electron chi connectivity index (χ0n) is 11.2. The minimum atomic E-state index is -4.34. The minimum Gasteiger partial charge on any atom is -0.394 e. The number of alkyl halides is 3. The monoisotopic (exact) mass is 315 g/mol. The molecular formula is C11H20F3N3O4. The maximum absolute atomic E-state index is 12.7. The number of ether oxygens (including phenoxy) is 1. The number of hydrogen-bond donors (Lipinski definition) is 6. The van der Waals surface area contributed by atoms with Crippen LogP contribution in [-0.4, -0.2) is 77.9 Å². The van der Waals surface area contributed by atoms with E-state index in [1.807, 2.05) is 0 Å². The van der Waals surface area contributed by atoms with Crippen LogP contribution in [0.3, 0.4) is 0 Å². The maximum Gasteiger partial charge on any atom is 0.403 e. The molecule has 0 saturated carbocycles. The second kappa shape index (κ2) is 6.73. The van der Waals surface area contributed by atoms with Gasteiger partial charge >= 0.3 is 6.18 Å². The molecule has 2 fully saturated rings. The molecule has 124 valence electrons. The van der Waals surface area contributed by atoms with Crippen molar-refractivity contribution < 1.29 is 33.2 Å². The van der Waals surface area contributed by atoms with E-state index in [1.165, 1.54) is 0 Å². The normalized spacial score (nSPS) is 42.0. The van der Waals surface area contributed by atoms with Crippen molar-refractivity contribution in [3.63, 3.8) is 0 Å². The Morgan fingerprint density at radius 1 is 1.24 bits per heavy atom. The van der Waals surface area contributed by atoms with E-state index in [9.17, 15) is 23.4 Å². The summed E-state index contributed by atoms with van der Waals surface area (Å²) in [7, 11) is 0. The van der Waals surface area contributed by atoms with E-state index in [4.69, 9.17) is 9.84 Å². The van der Waals surface area contributed by atoms with Crippen molar-refractivity contribution in [1.82, 2.24) is 16.0 Å². The van der Waals surface area contributed by atoms with E-state index in [0.717, 1.165) is 0 Å². The van der Waals surface area contributed by atoms with Crippen LogP contribution in [0.2, 0.25) is 0 Å². The summed E-state index contributed by atoms with van der Waals surface area (Å²) in [5, 5.41) is 36.5. The highest BCUT2D eigenvalue weighted by Gasteiger charge is 2.44. The van der Waals surface area contributed by atoms with Gasteiger partial charge in [0.25, 0.3) is 0 Å². The fourth-order valence-corrected chi connectivity index (χ4v) is 2.48. The number of nitrogens with one attached hydrogen (secondary N) is 3. The van der Waals surface area contributed by atoms with Crippen LogP contribution in [-0.2, 0) is 4.74 Å². The zero-order chi connectivity index (χ0) is 15.6. The molecule has 0 bridgehead atoms. The van der Waals surface area contributed by atoms with Crippen LogP contribution >= 0.6 is 0 Å². The standard InChI is InChI=1S/C11H20F3N3O4/c12-11(13,14)7-1-2-15-10(17-7)16-5-4-21-6(3-18)9(20)8(5)19/h5-10,15-20H,1-4H2/t5-,6-,7?,8-,9+,10?/m1/s1. The van der Waals surface area contributed by atoms with E-state index in [-0.39, 0.29) is 19.6 Å². The maximum atomic E-state index is 12.7. The Kier molecular flexibility index (Phi) is 5.41. The van der Waals surface area contributed by atoms with Crippen LogP contribution in [0.4, 0.5) is 13.2 Å². The van der Waals surface area contributed by atoms with Gasteiger partial charge in [0.2, 0.25) is 0 Å². The van der Waals surface area contributed by atoms with Gasteiger partial charge in [-0.2, -0.15) is 13.2 Å². The molecule has 0 amide bonds. The molecule has 6 atom stereocenters. The quantitative estimate of drug-likeness (QED) is 0.353. The second-order valence-corrected chi connectivity index (χ2v) is 5.25. The molecule has 0 aromatic heterocycles. The molecule has 0 aromatic rings. The van der Waals surface area contributed by atoms with E-state index in [0.29, 0.717) is 0 Å². The molecule has 2 aliphatic rings. The molecular weight excluding hydrogens is 295 g/mol. The first-order chi connectivity index (χ1) is 9.82. The third kappa shape index (κ3) is 4.03. The third-order valence-electron chi connectivity index (χ3n) is 3.74. The van der Waals surface area contributed by atoms with Crippen molar-refractivity contribution >= 4 is 0 Å². The number of aliphatic hydroxyl groups is 3. The van der Waals surface area contributed by atoms with Gasteiger partial charge in [-0.25, -0.2) is 0 Å². The Balaban J connectivity index is 1.89. The number of rotatable bonds is 3. The van der Waals surface area contributed by atoms with E-state index < -0.39 is 49.5 Å². The lowest BCUT2D eigenvalue weighted by Crippen LogP contribution is -2.69. The third-order valence-corrected chi connectivity index (χ3v) is 3.74. The minimum absolute atomic E-state index is 0.0278. The van der Waals surface area contributed by atoms with Crippen molar-refractivity contribution in [2.45, 2.75) is 49.3 Å². The molecule has 10 heteroatoms. The van der Waals surface area contributed by atoms with Crippen LogP contribution in [0.1, 0.15) is 6.42 Å². The van der Waals surface area contributed by atoms with Crippen molar-refractivity contribution in [2.24, 2.45) is 0 Å². The molecule has 2 saturated heterocycles. The van der Waals surface area contributed by atoms with Gasteiger partial charge in [0.1, 0.15) is 30.6 Å². The Hall–Kier alpha value is -0.490. The predicted molar refractivity (Wildman–Crippen MR) is 65.1 cm³/mol. The fraction of sp³-hybridized carbons (Fsp3) is 1.00. The summed E-state index contributed by atoms with van der Waals surface area (Å²) in [5.74, 6) is 0. The molecule has 2 rings (SSSR count). The summed E-state index contributed by atoms with van der Waals surface area (Å²) < 4.78 is 43.2. The second-order valence-electron chi connectivity index (χ2n) is 5.25. The summed E-state index contributed by atoms with van der Waals surface area (Å²) in [6.45, 7) is -0.304. The molecule has 21 heavy (non-hydrogen) atoms. The Morgan fingerprint density at radius 2 is 1.95 bits per heavy atom. The lowest BCUT2D eigenvalue weighted by Gasteiger charge is -2.41. The fourth-order valence-electron chi connectivity index (χ4n) is 2.48. The molecule has 2 aliphatic heterocycles. The van der Waals surface area contributed by atoms with Gasteiger partial charge in [0, 0.05) is 0 Å². The Morgan fingerprint density at radius 3 is 2.57 bits per heavy atom. The van der Waals surface area contributed by atoms with Gasteiger partial charge in [0.05, 0.1) is 19.3 Å². The van der Waals surface area contributed by atoms with Crippen LogP contribution in [0.5, 0.6) is 0 Å². The first-order valence-electron chi connectivity index (χ1n) is 6.73. The number of aliphatic hydroxyl groups excluding tert-OH is 3. The molecule has 0 radical (unpaired) electrons. The lowest BCUT2D eigenvalue weighted by atomic mass is 9.98. The van der Waals surface area contributed by atoms with Gasteiger partial charge in [-0.3, -0.25) is 16.0 Å². The first-order valence-corrected chi connectivity index (χ1v) is 6.73. The van der Waals surface area contributed by atoms with Gasteiger partial charge < -0.3 is 20.1 Å². The van der Waals surface area contributed by atoms with Crippen molar-refractivity contribution in [1.29, 1.82) is 0 Å². The smallest absolute Gasteiger partial charge is 0.394 e. The summed E-state index contributed by atoms with van der Waals surface area (Å²) in [4.78, 5) is 0. The largest absolute Gasteiger partial charge is 0.403 e. The van der Waals surface area contributed by atoms with Gasteiger partial charge in [-0.15, -0.1) is 0 Å². The van der Waals surface area contributed by atoms with Crippen LogP contribution in [0.15, 0.2) is 0 Å². The predicted octanol–water partition coefficient (Wildman–Crippen LogP) is -2.15. The summed E-state index contributed by atoms with van der Waals surface area (Å²) in [6.07, 6.45) is -8.72. The lowest BCUT2D eigenvalue weighted by molar-refractivity contribution is -0.173. The highest BCUT2D eigenvalue weighted by molar-refractivity contribution is 4.93. The van der Waals surface area contributed by atoms with Gasteiger partial charge in [-0.05, 0) is 13.0 Å². The average Bonchev–Trinajstić information content (AvgIpc) is 2.44. The van der Waals surface area contributed by atoms with E-state index in [2.05, 4.69) is 16.0 Å². The highest BCUT2D eigenvalue weighted by Crippen LogP contribution is 2.24. The topological polar surface area (TPSA) is 106 Å². The van der Waals surface area contributed by atoms with Crippen LogP contribution in [0.25, 0.3) is 0 Å². The molecule has 0 aliphatic carbocycles. The first kappa shape index (κ1) is 16.9. The summed E-state index contributed by atoms with van der Waals surface area (Å²) in [5.41, 5.74) is 0. The highest BCUT2D eigenvalue weighted by atomic mass is 19.4. The average molecular weight is 315 g/mol.